The second-order valence-corrected chi connectivity index (χ2v) is 3.60. The van der Waals surface area contributed by atoms with Gasteiger partial charge in [-0.2, -0.15) is 0 Å². The number of benzene rings is 1. The molecule has 0 atom stereocenters. The molecule has 0 aliphatic carbocycles. The summed E-state index contributed by atoms with van der Waals surface area (Å²) in [6, 6.07) is 5.80. The van der Waals surface area contributed by atoms with Gasteiger partial charge in [0.2, 0.25) is 0 Å². The Morgan fingerprint density at radius 1 is 1.38 bits per heavy atom. The van der Waals surface area contributed by atoms with E-state index in [4.69, 9.17) is 14.3 Å². The van der Waals surface area contributed by atoms with Crippen LogP contribution in [0, 0.1) is 6.92 Å². The Hall–Kier alpha value is -1.74. The van der Waals surface area contributed by atoms with E-state index in [1.807, 2.05) is 25.1 Å². The fourth-order valence-electron chi connectivity index (χ4n) is 1.68. The topological polar surface area (TPSA) is 42.6 Å². The first kappa shape index (κ1) is 10.8. The molecule has 1 N–H and O–H groups in total. The van der Waals surface area contributed by atoms with Gasteiger partial charge in [-0.1, -0.05) is 6.08 Å². The number of aliphatic hydroxyl groups excluding tert-OH is 1. The van der Waals surface area contributed by atoms with Gasteiger partial charge in [0, 0.05) is 5.39 Å². The maximum atomic E-state index is 8.69. The zero-order chi connectivity index (χ0) is 11.5. The van der Waals surface area contributed by atoms with Gasteiger partial charge in [-0.05, 0) is 36.8 Å². The van der Waals surface area contributed by atoms with Crippen molar-refractivity contribution in [1.29, 1.82) is 0 Å². The van der Waals surface area contributed by atoms with Crippen molar-refractivity contribution in [1.82, 2.24) is 0 Å². The van der Waals surface area contributed by atoms with Gasteiger partial charge in [0.05, 0.1) is 13.7 Å². The summed E-state index contributed by atoms with van der Waals surface area (Å²) < 4.78 is 10.8. The van der Waals surface area contributed by atoms with Crippen LogP contribution in [0.15, 0.2) is 28.7 Å². The normalized spacial score (nSPS) is 11.4. The number of hydrogen-bond donors (Lipinski definition) is 1. The summed E-state index contributed by atoms with van der Waals surface area (Å²) in [4.78, 5) is 0. The second-order valence-electron chi connectivity index (χ2n) is 3.60. The lowest BCUT2D eigenvalue weighted by atomic mass is 10.1. The zero-order valence-electron chi connectivity index (χ0n) is 9.36. The summed E-state index contributed by atoms with van der Waals surface area (Å²) in [6.45, 7) is 1.99. The molecule has 84 valence electrons. The number of aryl methyl sites for hydroxylation is 1. The Balaban J connectivity index is 2.52. The minimum atomic E-state index is 0.0132. The van der Waals surface area contributed by atoms with Crippen molar-refractivity contribution < 1.29 is 14.3 Å². The summed E-state index contributed by atoms with van der Waals surface area (Å²) in [5.74, 6) is 1.56. The van der Waals surface area contributed by atoms with Crippen LogP contribution in [0.4, 0.5) is 0 Å². The van der Waals surface area contributed by atoms with Gasteiger partial charge in [0.25, 0.3) is 0 Å². The van der Waals surface area contributed by atoms with Crippen LogP contribution in [0.3, 0.4) is 0 Å². The first-order chi connectivity index (χ1) is 7.74. The van der Waals surface area contributed by atoms with Gasteiger partial charge in [-0.3, -0.25) is 0 Å². The van der Waals surface area contributed by atoms with Crippen molar-refractivity contribution in [3.05, 3.63) is 35.6 Å². The molecule has 2 aromatic rings. The van der Waals surface area contributed by atoms with Gasteiger partial charge < -0.3 is 14.3 Å². The van der Waals surface area contributed by atoms with Crippen molar-refractivity contribution in [2.75, 3.05) is 13.7 Å². The molecule has 1 aromatic carbocycles. The third-order valence-electron chi connectivity index (χ3n) is 2.42. The molecule has 0 aliphatic heterocycles. The highest BCUT2D eigenvalue weighted by Gasteiger charge is 2.06. The highest BCUT2D eigenvalue weighted by atomic mass is 16.5. The van der Waals surface area contributed by atoms with E-state index in [9.17, 15) is 0 Å². The first-order valence-corrected chi connectivity index (χ1v) is 5.10. The first-order valence-electron chi connectivity index (χ1n) is 5.10. The van der Waals surface area contributed by atoms with Crippen molar-refractivity contribution in [2.24, 2.45) is 0 Å². The molecule has 0 fully saturated rings. The van der Waals surface area contributed by atoms with Crippen molar-refractivity contribution >= 4 is 17.0 Å². The quantitative estimate of drug-likeness (QED) is 0.861. The van der Waals surface area contributed by atoms with Gasteiger partial charge in [-0.25, -0.2) is 0 Å². The van der Waals surface area contributed by atoms with Crippen molar-refractivity contribution in [2.45, 2.75) is 6.92 Å². The standard InChI is InChI=1S/C13H14O3/c1-9-6-12(15-2)8-10-7-11(4-3-5-14)16-13(9)10/h3-4,6-8,14H,5H2,1-2H3/b4-3+. The van der Waals surface area contributed by atoms with Crippen LogP contribution >= 0.6 is 0 Å². The predicted molar refractivity (Wildman–Crippen MR) is 63.6 cm³/mol. The Labute approximate surface area is 94.0 Å². The third kappa shape index (κ3) is 1.95. The smallest absolute Gasteiger partial charge is 0.137 e. The van der Waals surface area contributed by atoms with E-state index in [0.717, 1.165) is 28.0 Å². The fraction of sp³-hybridized carbons (Fsp3) is 0.231. The Kier molecular flexibility index (Phi) is 2.97. The zero-order valence-corrected chi connectivity index (χ0v) is 9.36. The van der Waals surface area contributed by atoms with E-state index >= 15 is 0 Å². The molecule has 3 heteroatoms. The minimum Gasteiger partial charge on any atom is -0.497 e. The molecule has 0 saturated carbocycles. The summed E-state index contributed by atoms with van der Waals surface area (Å²) in [6.07, 6.45) is 3.40. The average molecular weight is 218 g/mol. The number of ether oxygens (including phenoxy) is 1. The number of rotatable bonds is 3. The van der Waals surface area contributed by atoms with Gasteiger partial charge in [0.15, 0.2) is 0 Å². The van der Waals surface area contributed by atoms with Gasteiger partial charge in [-0.15, -0.1) is 0 Å². The maximum Gasteiger partial charge on any atom is 0.137 e. The molecular formula is C13H14O3. The molecule has 0 saturated heterocycles. The second kappa shape index (κ2) is 4.41. The van der Waals surface area contributed by atoms with Crippen LogP contribution in [-0.2, 0) is 0 Å². The largest absolute Gasteiger partial charge is 0.497 e. The Morgan fingerprint density at radius 3 is 2.88 bits per heavy atom. The van der Waals surface area contributed by atoms with E-state index in [1.54, 1.807) is 19.3 Å². The molecule has 1 heterocycles. The molecule has 0 radical (unpaired) electrons. The lowest BCUT2D eigenvalue weighted by molar-refractivity contribution is 0.343. The molecule has 0 bridgehead atoms. The molecule has 0 amide bonds. The van der Waals surface area contributed by atoms with Gasteiger partial charge >= 0.3 is 0 Å². The maximum absolute atomic E-state index is 8.69. The number of furan rings is 1. The fourth-order valence-corrected chi connectivity index (χ4v) is 1.68. The van der Waals surface area contributed by atoms with E-state index in [1.165, 1.54) is 0 Å². The summed E-state index contributed by atoms with van der Waals surface area (Å²) >= 11 is 0. The number of aliphatic hydroxyl groups is 1. The lowest BCUT2D eigenvalue weighted by Gasteiger charge is -2.00. The number of methoxy groups -OCH3 is 1. The molecule has 0 unspecified atom stereocenters. The van der Waals surface area contributed by atoms with E-state index < -0.39 is 0 Å². The van der Waals surface area contributed by atoms with Crippen LogP contribution in [0.25, 0.3) is 17.0 Å². The van der Waals surface area contributed by atoms with Gasteiger partial charge in [0.1, 0.15) is 17.1 Å². The highest BCUT2D eigenvalue weighted by Crippen LogP contribution is 2.28. The number of hydrogen-bond acceptors (Lipinski definition) is 3. The summed E-state index contributed by atoms with van der Waals surface area (Å²) in [5, 5.41) is 9.70. The van der Waals surface area contributed by atoms with Crippen LogP contribution in [0.2, 0.25) is 0 Å². The Bertz CT molecular complexity index is 523. The van der Waals surface area contributed by atoms with Crippen molar-refractivity contribution in [3.8, 4) is 5.75 Å². The van der Waals surface area contributed by atoms with E-state index in [2.05, 4.69) is 0 Å². The molecule has 0 aliphatic rings. The summed E-state index contributed by atoms with van der Waals surface area (Å²) in [5.41, 5.74) is 1.90. The molecule has 16 heavy (non-hydrogen) atoms. The molecule has 1 aromatic heterocycles. The Morgan fingerprint density at radius 2 is 2.19 bits per heavy atom. The van der Waals surface area contributed by atoms with Crippen LogP contribution in [0.5, 0.6) is 5.75 Å². The monoisotopic (exact) mass is 218 g/mol. The molecule has 0 spiro atoms. The van der Waals surface area contributed by atoms with Crippen LogP contribution in [0.1, 0.15) is 11.3 Å². The SMILES string of the molecule is COc1cc(C)c2oc(/C=C/CO)cc2c1. The molecule has 2 rings (SSSR count). The minimum absolute atomic E-state index is 0.0132. The van der Waals surface area contributed by atoms with Crippen molar-refractivity contribution in [3.63, 3.8) is 0 Å². The third-order valence-corrected chi connectivity index (χ3v) is 2.42. The van der Waals surface area contributed by atoms with Crippen LogP contribution < -0.4 is 4.74 Å². The lowest BCUT2D eigenvalue weighted by Crippen LogP contribution is -1.83. The highest BCUT2D eigenvalue weighted by molar-refractivity contribution is 5.84. The number of fused-ring (bicyclic) bond motifs is 1. The predicted octanol–water partition coefficient (Wildman–Crippen LogP) is 2.76. The summed E-state index contributed by atoms with van der Waals surface area (Å²) in [7, 11) is 1.65. The molecule has 3 nitrogen and oxygen atoms in total. The van der Waals surface area contributed by atoms with E-state index in [-0.39, 0.29) is 6.61 Å². The van der Waals surface area contributed by atoms with E-state index in [0.29, 0.717) is 0 Å². The van der Waals surface area contributed by atoms with Crippen LogP contribution in [-0.4, -0.2) is 18.8 Å². The average Bonchev–Trinajstić information content (AvgIpc) is 2.69. The molecular weight excluding hydrogens is 204 g/mol.